The highest BCUT2D eigenvalue weighted by Crippen LogP contribution is 2.18. The van der Waals surface area contributed by atoms with E-state index in [4.69, 9.17) is 4.74 Å². The van der Waals surface area contributed by atoms with Gasteiger partial charge in [0, 0.05) is 4.83 Å². The van der Waals surface area contributed by atoms with Crippen LogP contribution in [0, 0.1) is 0 Å². The first-order valence-electron chi connectivity index (χ1n) is 6.41. The van der Waals surface area contributed by atoms with Crippen molar-refractivity contribution in [3.8, 4) is 0 Å². The molecule has 0 radical (unpaired) electrons. The third-order valence-corrected chi connectivity index (χ3v) is 3.44. The molecule has 0 saturated heterocycles. The van der Waals surface area contributed by atoms with Crippen LogP contribution in [-0.2, 0) is 16.0 Å². The zero-order valence-corrected chi connectivity index (χ0v) is 12.9. The first-order chi connectivity index (χ1) is 8.52. The van der Waals surface area contributed by atoms with Crippen molar-refractivity contribution in [1.82, 2.24) is 0 Å². The van der Waals surface area contributed by atoms with Crippen molar-refractivity contribution in [2.45, 2.75) is 44.4 Å². The summed E-state index contributed by atoms with van der Waals surface area (Å²) in [6.07, 6.45) is 1.26. The molecule has 0 aliphatic heterocycles. The van der Waals surface area contributed by atoms with Gasteiger partial charge in [-0.15, -0.1) is 0 Å². The van der Waals surface area contributed by atoms with E-state index >= 15 is 0 Å². The number of hydrogen-bond acceptors (Lipinski definition) is 2. The molecule has 18 heavy (non-hydrogen) atoms. The van der Waals surface area contributed by atoms with E-state index in [1.54, 1.807) is 0 Å². The Morgan fingerprint density at radius 1 is 1.28 bits per heavy atom. The van der Waals surface area contributed by atoms with Crippen molar-refractivity contribution in [3.05, 3.63) is 35.4 Å². The Balaban J connectivity index is 2.49. The molecular weight excluding hydrogens is 292 g/mol. The highest BCUT2D eigenvalue weighted by atomic mass is 79.9. The van der Waals surface area contributed by atoms with Crippen molar-refractivity contribution in [1.29, 1.82) is 0 Å². The van der Waals surface area contributed by atoms with Crippen molar-refractivity contribution in [2.75, 3.05) is 6.61 Å². The van der Waals surface area contributed by atoms with E-state index in [0.717, 1.165) is 6.42 Å². The van der Waals surface area contributed by atoms with Crippen molar-refractivity contribution >= 4 is 21.9 Å². The summed E-state index contributed by atoms with van der Waals surface area (Å²) in [4.78, 5) is 11.5. The van der Waals surface area contributed by atoms with Gasteiger partial charge in [-0.1, -0.05) is 54.0 Å². The molecule has 0 aromatic heterocycles. The number of ether oxygens (including phenoxy) is 1. The second-order valence-electron chi connectivity index (χ2n) is 4.71. The minimum absolute atomic E-state index is 0.140. The molecule has 0 heterocycles. The van der Waals surface area contributed by atoms with E-state index in [1.807, 2.05) is 6.92 Å². The second kappa shape index (κ2) is 7.57. The van der Waals surface area contributed by atoms with Crippen LogP contribution in [0.4, 0.5) is 0 Å². The Hall–Kier alpha value is -0.830. The molecule has 0 amide bonds. The van der Waals surface area contributed by atoms with Crippen molar-refractivity contribution in [2.24, 2.45) is 0 Å². The lowest BCUT2D eigenvalue weighted by Crippen LogP contribution is -2.13. The maximum atomic E-state index is 11.3. The molecule has 3 heteroatoms. The van der Waals surface area contributed by atoms with Crippen LogP contribution in [0.2, 0.25) is 0 Å². The van der Waals surface area contributed by atoms with Crippen LogP contribution in [0.1, 0.15) is 44.2 Å². The highest BCUT2D eigenvalue weighted by Gasteiger charge is 2.12. The van der Waals surface area contributed by atoms with E-state index in [1.165, 1.54) is 11.1 Å². The third kappa shape index (κ3) is 5.21. The number of alkyl halides is 1. The predicted molar refractivity (Wildman–Crippen MR) is 78.2 cm³/mol. The monoisotopic (exact) mass is 312 g/mol. The summed E-state index contributed by atoms with van der Waals surface area (Å²) in [6.45, 7) is 6.64. The predicted octanol–water partition coefficient (Wildman–Crippen LogP) is 4.07. The van der Waals surface area contributed by atoms with Gasteiger partial charge in [-0.05, 0) is 30.4 Å². The van der Waals surface area contributed by atoms with E-state index in [0.29, 0.717) is 18.9 Å². The average Bonchev–Trinajstić information content (AvgIpc) is 2.29. The van der Waals surface area contributed by atoms with Crippen LogP contribution >= 0.6 is 15.9 Å². The molecule has 0 saturated carbocycles. The summed E-state index contributed by atoms with van der Waals surface area (Å²) < 4.78 is 4.93. The molecule has 0 bridgehead atoms. The molecular formula is C15H21BrO2. The Kier molecular flexibility index (Phi) is 6.41. The van der Waals surface area contributed by atoms with Crippen LogP contribution in [0.25, 0.3) is 0 Å². The number of esters is 1. The normalized spacial score (nSPS) is 12.5. The first-order valence-corrected chi connectivity index (χ1v) is 7.33. The van der Waals surface area contributed by atoms with Crippen LogP contribution in [0.3, 0.4) is 0 Å². The molecule has 0 aliphatic carbocycles. The Morgan fingerprint density at radius 2 is 1.89 bits per heavy atom. The van der Waals surface area contributed by atoms with Crippen LogP contribution < -0.4 is 0 Å². The van der Waals surface area contributed by atoms with Gasteiger partial charge in [-0.25, -0.2) is 0 Å². The number of halogens is 1. The lowest BCUT2D eigenvalue weighted by atomic mass is 10.00. The molecule has 2 nitrogen and oxygen atoms in total. The van der Waals surface area contributed by atoms with E-state index in [-0.39, 0.29) is 10.8 Å². The molecule has 1 atom stereocenters. The van der Waals surface area contributed by atoms with Gasteiger partial charge < -0.3 is 4.74 Å². The van der Waals surface area contributed by atoms with Crippen LogP contribution in [-0.4, -0.2) is 17.4 Å². The van der Waals surface area contributed by atoms with E-state index in [2.05, 4.69) is 54.0 Å². The quantitative estimate of drug-likeness (QED) is 0.584. The number of rotatable bonds is 6. The molecule has 1 aromatic rings. The Bertz CT molecular complexity index is 371. The van der Waals surface area contributed by atoms with E-state index in [9.17, 15) is 4.79 Å². The second-order valence-corrected chi connectivity index (χ2v) is 6.00. The fourth-order valence-electron chi connectivity index (χ4n) is 1.77. The number of benzene rings is 1. The zero-order chi connectivity index (χ0) is 13.5. The van der Waals surface area contributed by atoms with Crippen LogP contribution in [0.15, 0.2) is 24.3 Å². The molecule has 1 rings (SSSR count). The summed E-state index contributed by atoms with van der Waals surface area (Å²) in [6, 6.07) is 8.58. The first kappa shape index (κ1) is 15.2. The maximum absolute atomic E-state index is 11.3. The lowest BCUT2D eigenvalue weighted by molar-refractivity contribution is -0.143. The highest BCUT2D eigenvalue weighted by molar-refractivity contribution is 9.09. The molecule has 1 unspecified atom stereocenters. The van der Waals surface area contributed by atoms with Gasteiger partial charge >= 0.3 is 5.97 Å². The summed E-state index contributed by atoms with van der Waals surface area (Å²) in [5.41, 5.74) is 2.58. The molecule has 0 spiro atoms. The minimum atomic E-state index is -0.141. The van der Waals surface area contributed by atoms with Gasteiger partial charge in [0.2, 0.25) is 0 Å². The fraction of sp³-hybridized carbons (Fsp3) is 0.533. The SMILES string of the molecule is CCOC(=O)CC(Br)Cc1ccc(C(C)C)cc1. The lowest BCUT2D eigenvalue weighted by Gasteiger charge is -2.10. The molecule has 0 fully saturated rings. The van der Waals surface area contributed by atoms with Gasteiger partial charge in [-0.3, -0.25) is 4.79 Å². The Labute approximate surface area is 118 Å². The average molecular weight is 313 g/mol. The Morgan fingerprint density at radius 3 is 2.39 bits per heavy atom. The van der Waals surface area contributed by atoms with Crippen LogP contribution in [0.5, 0.6) is 0 Å². The summed E-state index contributed by atoms with van der Waals surface area (Å²) in [7, 11) is 0. The van der Waals surface area contributed by atoms with Gasteiger partial charge in [0.05, 0.1) is 13.0 Å². The maximum Gasteiger partial charge on any atom is 0.306 e. The molecule has 100 valence electrons. The summed E-state index contributed by atoms with van der Waals surface area (Å²) >= 11 is 3.53. The number of carbonyl (C=O) groups is 1. The standard InChI is InChI=1S/C15H21BrO2/c1-4-18-15(17)10-14(16)9-12-5-7-13(8-6-12)11(2)3/h5-8,11,14H,4,9-10H2,1-3H3. The van der Waals surface area contributed by atoms with Crippen molar-refractivity contribution < 1.29 is 9.53 Å². The summed E-state index contributed by atoms with van der Waals surface area (Å²) in [5.74, 6) is 0.413. The van der Waals surface area contributed by atoms with Gasteiger partial charge in [0.1, 0.15) is 0 Å². The molecule has 1 aromatic carbocycles. The third-order valence-electron chi connectivity index (χ3n) is 2.80. The smallest absolute Gasteiger partial charge is 0.306 e. The van der Waals surface area contributed by atoms with Gasteiger partial charge in [0.15, 0.2) is 0 Å². The summed E-state index contributed by atoms with van der Waals surface area (Å²) in [5, 5.41) is 0. The minimum Gasteiger partial charge on any atom is -0.466 e. The van der Waals surface area contributed by atoms with Crippen molar-refractivity contribution in [3.63, 3.8) is 0 Å². The van der Waals surface area contributed by atoms with Gasteiger partial charge in [-0.2, -0.15) is 0 Å². The zero-order valence-electron chi connectivity index (χ0n) is 11.3. The van der Waals surface area contributed by atoms with E-state index < -0.39 is 0 Å². The molecule has 0 aliphatic rings. The largest absolute Gasteiger partial charge is 0.466 e. The number of carbonyl (C=O) groups excluding carboxylic acids is 1. The topological polar surface area (TPSA) is 26.3 Å². The van der Waals surface area contributed by atoms with Gasteiger partial charge in [0.25, 0.3) is 0 Å². The number of hydrogen-bond donors (Lipinski definition) is 0. The molecule has 0 N–H and O–H groups in total. The fourth-order valence-corrected chi connectivity index (χ4v) is 2.41.